The van der Waals surface area contributed by atoms with Gasteiger partial charge < -0.3 is 9.64 Å². The van der Waals surface area contributed by atoms with Crippen molar-refractivity contribution in [1.29, 1.82) is 0 Å². The van der Waals surface area contributed by atoms with Crippen LogP contribution < -0.4 is 5.56 Å². The predicted molar refractivity (Wildman–Crippen MR) is 120 cm³/mol. The average Bonchev–Trinajstić information content (AvgIpc) is 3.20. The summed E-state index contributed by atoms with van der Waals surface area (Å²) < 4.78 is 7.46. The van der Waals surface area contributed by atoms with E-state index in [9.17, 15) is 14.4 Å². The van der Waals surface area contributed by atoms with E-state index >= 15 is 0 Å². The summed E-state index contributed by atoms with van der Waals surface area (Å²) in [5, 5.41) is 2.47. The van der Waals surface area contributed by atoms with Crippen molar-refractivity contribution in [1.82, 2.24) is 14.5 Å². The van der Waals surface area contributed by atoms with E-state index < -0.39 is 0 Å². The van der Waals surface area contributed by atoms with Gasteiger partial charge in [0.25, 0.3) is 5.56 Å². The molecule has 1 fully saturated rings. The molecule has 0 unspecified atom stereocenters. The number of piperidine rings is 1. The zero-order valence-corrected chi connectivity index (χ0v) is 19.4. The van der Waals surface area contributed by atoms with E-state index in [-0.39, 0.29) is 29.1 Å². The molecule has 0 saturated carbocycles. The van der Waals surface area contributed by atoms with E-state index in [1.807, 2.05) is 11.4 Å². The first-order chi connectivity index (χ1) is 14.4. The van der Waals surface area contributed by atoms with Gasteiger partial charge in [-0.25, -0.2) is 4.98 Å². The first-order valence-corrected chi connectivity index (χ1v) is 12.3. The SMILES string of the molecule is CCOC(=O)C1CCN(C(=O)CSc2nc3ccsc3c(=O)n2CCC(C)C)CC1. The molecule has 0 aromatic carbocycles. The lowest BCUT2D eigenvalue weighted by Gasteiger charge is -2.30. The Morgan fingerprint density at radius 2 is 2.07 bits per heavy atom. The molecule has 1 aliphatic heterocycles. The standard InChI is InChI=1S/C21H29N3O4S2/c1-4-28-20(27)15-6-9-23(10-7-15)17(25)13-30-21-22-16-8-12-29-18(16)19(26)24(21)11-5-14(2)3/h8,12,14-15H,4-7,9-11,13H2,1-3H3. The van der Waals surface area contributed by atoms with Crippen molar-refractivity contribution in [2.24, 2.45) is 11.8 Å². The summed E-state index contributed by atoms with van der Waals surface area (Å²) in [4.78, 5) is 44.0. The fourth-order valence-electron chi connectivity index (χ4n) is 3.46. The van der Waals surface area contributed by atoms with Gasteiger partial charge in [0.1, 0.15) is 4.70 Å². The van der Waals surface area contributed by atoms with Crippen LogP contribution in [0.5, 0.6) is 0 Å². The average molecular weight is 452 g/mol. The highest BCUT2D eigenvalue weighted by molar-refractivity contribution is 7.99. The maximum absolute atomic E-state index is 12.9. The van der Waals surface area contributed by atoms with Gasteiger partial charge in [-0.3, -0.25) is 19.0 Å². The van der Waals surface area contributed by atoms with Gasteiger partial charge in [-0.05, 0) is 43.6 Å². The second-order valence-corrected chi connectivity index (χ2v) is 9.72. The van der Waals surface area contributed by atoms with Crippen LogP contribution in [0.2, 0.25) is 0 Å². The zero-order chi connectivity index (χ0) is 21.7. The number of aromatic nitrogens is 2. The van der Waals surface area contributed by atoms with E-state index in [4.69, 9.17) is 4.74 Å². The smallest absolute Gasteiger partial charge is 0.309 e. The molecule has 30 heavy (non-hydrogen) atoms. The number of carbonyl (C=O) groups excluding carboxylic acids is 2. The highest BCUT2D eigenvalue weighted by Gasteiger charge is 2.28. The Balaban J connectivity index is 1.65. The lowest BCUT2D eigenvalue weighted by Crippen LogP contribution is -2.41. The van der Waals surface area contributed by atoms with Crippen molar-refractivity contribution in [3.05, 3.63) is 21.8 Å². The van der Waals surface area contributed by atoms with Gasteiger partial charge in [-0.15, -0.1) is 11.3 Å². The number of fused-ring (bicyclic) bond motifs is 1. The largest absolute Gasteiger partial charge is 0.466 e. The highest BCUT2D eigenvalue weighted by atomic mass is 32.2. The molecule has 1 amide bonds. The second-order valence-electron chi connectivity index (χ2n) is 7.86. The van der Waals surface area contributed by atoms with Crippen molar-refractivity contribution < 1.29 is 14.3 Å². The van der Waals surface area contributed by atoms with Crippen molar-refractivity contribution in [3.8, 4) is 0 Å². The van der Waals surface area contributed by atoms with Crippen LogP contribution in [-0.4, -0.2) is 51.8 Å². The number of thiophene rings is 1. The maximum atomic E-state index is 12.9. The molecule has 2 aromatic heterocycles. The predicted octanol–water partition coefficient (Wildman–Crippen LogP) is 3.40. The highest BCUT2D eigenvalue weighted by Crippen LogP contribution is 2.24. The Bertz CT molecular complexity index is 945. The molecule has 164 valence electrons. The number of esters is 1. The summed E-state index contributed by atoms with van der Waals surface area (Å²) in [5.41, 5.74) is 0.664. The monoisotopic (exact) mass is 451 g/mol. The van der Waals surface area contributed by atoms with Crippen LogP contribution in [-0.2, 0) is 20.9 Å². The molecule has 0 N–H and O–H groups in total. The zero-order valence-electron chi connectivity index (χ0n) is 17.8. The van der Waals surface area contributed by atoms with E-state index in [2.05, 4.69) is 18.8 Å². The molecule has 1 saturated heterocycles. The second kappa shape index (κ2) is 10.4. The topological polar surface area (TPSA) is 81.5 Å². The van der Waals surface area contributed by atoms with Crippen LogP contribution in [0.25, 0.3) is 10.2 Å². The molecular weight excluding hydrogens is 422 g/mol. The summed E-state index contributed by atoms with van der Waals surface area (Å²) in [6.45, 7) is 8.14. The van der Waals surface area contributed by atoms with Gasteiger partial charge in [0.15, 0.2) is 5.16 Å². The van der Waals surface area contributed by atoms with Crippen LogP contribution in [0.3, 0.4) is 0 Å². The minimum atomic E-state index is -0.165. The van der Waals surface area contributed by atoms with E-state index in [1.165, 1.54) is 23.1 Å². The molecule has 3 rings (SSSR count). The van der Waals surface area contributed by atoms with Crippen LogP contribution in [0.1, 0.15) is 40.0 Å². The molecule has 0 bridgehead atoms. The minimum Gasteiger partial charge on any atom is -0.466 e. The van der Waals surface area contributed by atoms with Gasteiger partial charge >= 0.3 is 5.97 Å². The van der Waals surface area contributed by atoms with Gasteiger partial charge in [0, 0.05) is 19.6 Å². The third-order valence-corrected chi connectivity index (χ3v) is 7.11. The maximum Gasteiger partial charge on any atom is 0.309 e. The van der Waals surface area contributed by atoms with Crippen molar-refractivity contribution >= 4 is 45.2 Å². The molecule has 3 heterocycles. The molecule has 0 radical (unpaired) electrons. The number of rotatable bonds is 8. The number of hydrogen-bond donors (Lipinski definition) is 0. The van der Waals surface area contributed by atoms with Crippen molar-refractivity contribution in [2.75, 3.05) is 25.4 Å². The summed E-state index contributed by atoms with van der Waals surface area (Å²) in [6, 6.07) is 1.85. The number of hydrogen-bond acceptors (Lipinski definition) is 7. The Hall–Kier alpha value is -1.87. The fraction of sp³-hybridized carbons (Fsp3) is 0.619. The van der Waals surface area contributed by atoms with Gasteiger partial charge in [0.2, 0.25) is 5.91 Å². The lowest BCUT2D eigenvalue weighted by atomic mass is 9.97. The summed E-state index contributed by atoms with van der Waals surface area (Å²) >= 11 is 2.73. The molecule has 0 aliphatic carbocycles. The number of amides is 1. The summed E-state index contributed by atoms with van der Waals surface area (Å²) in [7, 11) is 0. The van der Waals surface area contributed by atoms with Crippen LogP contribution in [0.4, 0.5) is 0 Å². The van der Waals surface area contributed by atoms with Crippen LogP contribution >= 0.6 is 23.1 Å². The van der Waals surface area contributed by atoms with Crippen molar-refractivity contribution in [2.45, 2.75) is 51.7 Å². The Kier molecular flexibility index (Phi) is 7.93. The number of likely N-dealkylation sites (tertiary alicyclic amines) is 1. The normalized spacial score (nSPS) is 15.1. The van der Waals surface area contributed by atoms with E-state index in [1.54, 1.807) is 16.4 Å². The van der Waals surface area contributed by atoms with Gasteiger partial charge in [-0.2, -0.15) is 0 Å². The lowest BCUT2D eigenvalue weighted by molar-refractivity contribution is -0.151. The van der Waals surface area contributed by atoms with Crippen LogP contribution in [0, 0.1) is 11.8 Å². The summed E-state index contributed by atoms with van der Waals surface area (Å²) in [6.07, 6.45) is 2.14. The quantitative estimate of drug-likeness (QED) is 0.348. The van der Waals surface area contributed by atoms with Gasteiger partial charge in [0.05, 0.1) is 23.8 Å². The van der Waals surface area contributed by atoms with Crippen molar-refractivity contribution in [3.63, 3.8) is 0 Å². The molecule has 9 heteroatoms. The Labute approximate surface area is 184 Å². The fourth-order valence-corrected chi connectivity index (χ4v) is 5.17. The molecule has 0 atom stereocenters. The molecule has 7 nitrogen and oxygen atoms in total. The molecule has 2 aromatic rings. The molecule has 0 spiro atoms. The number of nitrogens with zero attached hydrogens (tertiary/aromatic N) is 3. The first kappa shape index (κ1) is 22.8. The Morgan fingerprint density at radius 3 is 2.73 bits per heavy atom. The number of ether oxygens (including phenoxy) is 1. The van der Waals surface area contributed by atoms with Gasteiger partial charge in [-0.1, -0.05) is 25.6 Å². The molecular formula is C21H29N3O4S2. The Morgan fingerprint density at radius 1 is 1.33 bits per heavy atom. The van der Waals surface area contributed by atoms with E-state index in [0.717, 1.165) is 6.42 Å². The van der Waals surface area contributed by atoms with Crippen LogP contribution in [0.15, 0.2) is 21.4 Å². The first-order valence-electron chi connectivity index (χ1n) is 10.5. The van der Waals surface area contributed by atoms with E-state index in [0.29, 0.717) is 60.4 Å². The molecule has 1 aliphatic rings. The summed E-state index contributed by atoms with van der Waals surface area (Å²) in [5.74, 6) is 0.425. The third-order valence-electron chi connectivity index (χ3n) is 5.25. The minimum absolute atomic E-state index is 0.0115. The number of carbonyl (C=O) groups is 2. The third kappa shape index (κ3) is 5.43. The number of thioether (sulfide) groups is 1.